The summed E-state index contributed by atoms with van der Waals surface area (Å²) >= 11 is 0. The highest BCUT2D eigenvalue weighted by molar-refractivity contribution is 5.85. The second-order valence-electron chi connectivity index (χ2n) is 8.08. The highest BCUT2D eigenvalue weighted by Gasteiger charge is 2.20. The predicted molar refractivity (Wildman–Crippen MR) is 118 cm³/mol. The van der Waals surface area contributed by atoms with E-state index in [2.05, 4.69) is 16.0 Å². The Balaban J connectivity index is 1.24. The largest absolute Gasteiger partial charge is 0.494 e. The second-order valence-corrected chi connectivity index (χ2v) is 8.08. The molecule has 158 valence electrons. The molecular weight excluding hydrogens is 379 g/mol. The molecule has 2 heterocycles. The third-order valence-corrected chi connectivity index (χ3v) is 5.94. The van der Waals surface area contributed by atoms with Crippen LogP contribution >= 0.6 is 0 Å². The summed E-state index contributed by atoms with van der Waals surface area (Å²) in [4.78, 5) is 7.03. The molecule has 0 saturated carbocycles. The molecule has 3 aromatic rings. The van der Waals surface area contributed by atoms with Gasteiger partial charge in [-0.25, -0.2) is 4.39 Å². The van der Waals surface area contributed by atoms with E-state index in [0.29, 0.717) is 18.3 Å². The van der Waals surface area contributed by atoms with Gasteiger partial charge in [-0.3, -0.25) is 9.88 Å². The number of benzene rings is 2. The Hall–Kier alpha value is -2.66. The van der Waals surface area contributed by atoms with Crippen LogP contribution in [0.3, 0.4) is 0 Å². The molecule has 2 aromatic carbocycles. The standard InChI is InChI=1S/C25H29FN2O2/c1-18-6-8-21-23(27-18)4-3-5-24(21)30-15-14-28-12-10-19(11-13-28)16-20-7-9-25(29-2)22(26)17-20/h3-9,17,19H,10-16H2,1-2H3. The molecule has 1 fully saturated rings. The van der Waals surface area contributed by atoms with Gasteiger partial charge in [-0.05, 0) is 87.2 Å². The van der Waals surface area contributed by atoms with E-state index in [4.69, 9.17) is 9.47 Å². The molecule has 1 aromatic heterocycles. The molecule has 0 N–H and O–H groups in total. The molecule has 1 aliphatic heterocycles. The van der Waals surface area contributed by atoms with Crippen molar-refractivity contribution in [1.29, 1.82) is 0 Å². The molecule has 0 atom stereocenters. The lowest BCUT2D eigenvalue weighted by atomic mass is 9.90. The molecule has 1 aliphatic rings. The van der Waals surface area contributed by atoms with Crippen LogP contribution in [0.25, 0.3) is 10.9 Å². The maximum absolute atomic E-state index is 13.9. The topological polar surface area (TPSA) is 34.6 Å². The number of pyridine rings is 1. The van der Waals surface area contributed by atoms with Gasteiger partial charge < -0.3 is 9.47 Å². The second kappa shape index (κ2) is 9.43. The number of aryl methyl sites for hydroxylation is 1. The fraction of sp³-hybridized carbons (Fsp3) is 0.400. The van der Waals surface area contributed by atoms with Crippen LogP contribution in [0.5, 0.6) is 11.5 Å². The van der Waals surface area contributed by atoms with Crippen LogP contribution < -0.4 is 9.47 Å². The number of likely N-dealkylation sites (tertiary alicyclic amines) is 1. The maximum Gasteiger partial charge on any atom is 0.165 e. The highest BCUT2D eigenvalue weighted by Crippen LogP contribution is 2.26. The van der Waals surface area contributed by atoms with Crippen LogP contribution in [0.1, 0.15) is 24.1 Å². The lowest BCUT2D eigenvalue weighted by Crippen LogP contribution is -2.37. The first-order chi connectivity index (χ1) is 14.6. The monoisotopic (exact) mass is 408 g/mol. The van der Waals surface area contributed by atoms with E-state index >= 15 is 0 Å². The van der Waals surface area contributed by atoms with E-state index in [1.54, 1.807) is 12.1 Å². The van der Waals surface area contributed by atoms with E-state index in [1.807, 2.05) is 37.3 Å². The van der Waals surface area contributed by atoms with Crippen molar-refractivity contribution in [3.8, 4) is 11.5 Å². The van der Waals surface area contributed by atoms with Gasteiger partial charge in [0.1, 0.15) is 12.4 Å². The molecule has 1 saturated heterocycles. The molecule has 30 heavy (non-hydrogen) atoms. The quantitative estimate of drug-likeness (QED) is 0.550. The normalized spacial score (nSPS) is 15.4. The minimum Gasteiger partial charge on any atom is -0.494 e. The van der Waals surface area contributed by atoms with Gasteiger partial charge in [0, 0.05) is 17.6 Å². The van der Waals surface area contributed by atoms with Crippen molar-refractivity contribution in [2.24, 2.45) is 5.92 Å². The van der Waals surface area contributed by atoms with E-state index in [1.165, 1.54) is 7.11 Å². The van der Waals surface area contributed by atoms with Crippen molar-refractivity contribution >= 4 is 10.9 Å². The minimum absolute atomic E-state index is 0.275. The summed E-state index contributed by atoms with van der Waals surface area (Å²) in [6.45, 7) is 5.70. The Kier molecular flexibility index (Phi) is 6.48. The van der Waals surface area contributed by atoms with Crippen LogP contribution in [-0.2, 0) is 6.42 Å². The van der Waals surface area contributed by atoms with Crippen molar-refractivity contribution < 1.29 is 13.9 Å². The number of rotatable bonds is 7. The molecule has 0 amide bonds. The van der Waals surface area contributed by atoms with Crippen molar-refractivity contribution in [2.45, 2.75) is 26.2 Å². The number of hydrogen-bond acceptors (Lipinski definition) is 4. The van der Waals surface area contributed by atoms with Crippen molar-refractivity contribution in [2.75, 3.05) is 33.4 Å². The molecule has 0 radical (unpaired) electrons. The fourth-order valence-electron chi connectivity index (χ4n) is 4.22. The van der Waals surface area contributed by atoms with Crippen molar-refractivity contribution in [1.82, 2.24) is 9.88 Å². The third kappa shape index (κ3) is 4.90. The number of ether oxygens (including phenoxy) is 2. The first kappa shape index (κ1) is 20.6. The lowest BCUT2D eigenvalue weighted by Gasteiger charge is -2.32. The molecule has 0 spiro atoms. The van der Waals surface area contributed by atoms with Crippen LogP contribution in [0.15, 0.2) is 48.5 Å². The van der Waals surface area contributed by atoms with E-state index in [9.17, 15) is 4.39 Å². The smallest absolute Gasteiger partial charge is 0.165 e. The number of nitrogens with zero attached hydrogens (tertiary/aromatic N) is 2. The van der Waals surface area contributed by atoms with Gasteiger partial charge >= 0.3 is 0 Å². The predicted octanol–water partition coefficient (Wildman–Crippen LogP) is 5.02. The number of halogens is 1. The van der Waals surface area contributed by atoms with Crippen LogP contribution in [0.4, 0.5) is 4.39 Å². The van der Waals surface area contributed by atoms with Gasteiger partial charge in [-0.1, -0.05) is 12.1 Å². The summed E-state index contributed by atoms with van der Waals surface area (Å²) in [5.41, 5.74) is 3.04. The highest BCUT2D eigenvalue weighted by atomic mass is 19.1. The average molecular weight is 409 g/mol. The number of aromatic nitrogens is 1. The Morgan fingerprint density at radius 2 is 1.90 bits per heavy atom. The van der Waals surface area contributed by atoms with Gasteiger partial charge in [0.25, 0.3) is 0 Å². The summed E-state index contributed by atoms with van der Waals surface area (Å²) in [5, 5.41) is 1.06. The van der Waals surface area contributed by atoms with Crippen molar-refractivity contribution in [3.63, 3.8) is 0 Å². The molecule has 4 rings (SSSR count). The van der Waals surface area contributed by atoms with Crippen molar-refractivity contribution in [3.05, 3.63) is 65.6 Å². The maximum atomic E-state index is 13.9. The van der Waals surface area contributed by atoms with Crippen LogP contribution in [0.2, 0.25) is 0 Å². The number of fused-ring (bicyclic) bond motifs is 1. The van der Waals surface area contributed by atoms with Gasteiger partial charge in [0.2, 0.25) is 0 Å². The number of methoxy groups -OCH3 is 1. The molecule has 5 heteroatoms. The molecule has 4 nitrogen and oxygen atoms in total. The summed E-state index contributed by atoms with van der Waals surface area (Å²) in [7, 11) is 1.50. The van der Waals surface area contributed by atoms with Crippen LogP contribution in [0, 0.1) is 18.7 Å². The summed E-state index contributed by atoms with van der Waals surface area (Å²) in [6.07, 6.45) is 3.18. The molecule has 0 aliphatic carbocycles. The zero-order chi connectivity index (χ0) is 20.9. The minimum atomic E-state index is -0.275. The molecule has 0 unspecified atom stereocenters. The van der Waals surface area contributed by atoms with Gasteiger partial charge in [-0.15, -0.1) is 0 Å². The molecular formula is C25H29FN2O2. The first-order valence-corrected chi connectivity index (χ1v) is 10.7. The first-order valence-electron chi connectivity index (χ1n) is 10.7. The zero-order valence-electron chi connectivity index (χ0n) is 17.7. The SMILES string of the molecule is COc1ccc(CC2CCN(CCOc3cccc4nc(C)ccc34)CC2)cc1F. The number of piperidine rings is 1. The van der Waals surface area contributed by atoms with Crippen LogP contribution in [-0.4, -0.2) is 43.2 Å². The average Bonchev–Trinajstić information content (AvgIpc) is 2.75. The fourth-order valence-corrected chi connectivity index (χ4v) is 4.22. The van der Waals surface area contributed by atoms with E-state index in [0.717, 1.165) is 66.8 Å². The summed E-state index contributed by atoms with van der Waals surface area (Å²) in [5.74, 6) is 1.54. The third-order valence-electron chi connectivity index (χ3n) is 5.94. The summed E-state index contributed by atoms with van der Waals surface area (Å²) < 4.78 is 25.0. The van der Waals surface area contributed by atoms with Gasteiger partial charge in [-0.2, -0.15) is 0 Å². The van der Waals surface area contributed by atoms with E-state index < -0.39 is 0 Å². The number of hydrogen-bond donors (Lipinski definition) is 0. The Morgan fingerprint density at radius 3 is 2.67 bits per heavy atom. The summed E-state index contributed by atoms with van der Waals surface area (Å²) in [6, 6.07) is 15.4. The Labute approximate surface area is 177 Å². The van der Waals surface area contributed by atoms with Gasteiger partial charge in [0.15, 0.2) is 11.6 Å². The lowest BCUT2D eigenvalue weighted by molar-refractivity contribution is 0.155. The Bertz CT molecular complexity index is 1000. The van der Waals surface area contributed by atoms with E-state index in [-0.39, 0.29) is 5.82 Å². The zero-order valence-corrected chi connectivity index (χ0v) is 17.7. The molecule has 0 bridgehead atoms. The Morgan fingerprint density at radius 1 is 1.07 bits per heavy atom. The van der Waals surface area contributed by atoms with Gasteiger partial charge in [0.05, 0.1) is 12.6 Å².